The molecule has 1 saturated carbocycles. The second kappa shape index (κ2) is 16.4. The highest BCUT2D eigenvalue weighted by molar-refractivity contribution is 6.02. The zero-order valence-corrected chi connectivity index (χ0v) is 22.7. The fraction of sp³-hybridized carbons (Fsp3) is 0.600. The van der Waals surface area contributed by atoms with Gasteiger partial charge in [-0.3, -0.25) is 25.3 Å². The lowest BCUT2D eigenvalue weighted by Crippen LogP contribution is -2.35. The average molecular weight is 500 g/mol. The van der Waals surface area contributed by atoms with Gasteiger partial charge in [-0.05, 0) is 75.5 Å². The molecule has 36 heavy (non-hydrogen) atoms. The number of unbranched alkanes of at least 4 members (excludes halogenated alkanes) is 2. The Hall–Kier alpha value is -2.31. The molecule has 0 aliphatic heterocycles. The van der Waals surface area contributed by atoms with Crippen LogP contribution in [0.25, 0.3) is 0 Å². The molecule has 200 valence electrons. The van der Waals surface area contributed by atoms with Crippen molar-refractivity contribution in [1.29, 1.82) is 0 Å². The number of nitrogens with zero attached hydrogens (tertiary/aromatic N) is 1. The Morgan fingerprint density at radius 2 is 1.97 bits per heavy atom. The average Bonchev–Trinajstić information content (AvgIpc) is 3.72. The fourth-order valence-electron chi connectivity index (χ4n) is 4.41. The minimum atomic E-state index is -0.191. The molecule has 0 unspecified atom stereocenters. The number of amides is 2. The van der Waals surface area contributed by atoms with Crippen LogP contribution in [0.1, 0.15) is 103 Å². The lowest BCUT2D eigenvalue weighted by molar-refractivity contribution is -0.135. The minimum absolute atomic E-state index is 0.0750. The normalized spacial score (nSPS) is 15.8. The maximum Gasteiger partial charge on any atom is 0.260 e. The summed E-state index contributed by atoms with van der Waals surface area (Å²) in [7, 11) is 0. The Morgan fingerprint density at radius 3 is 2.67 bits per heavy atom. The van der Waals surface area contributed by atoms with Gasteiger partial charge in [0.1, 0.15) is 5.82 Å². The van der Waals surface area contributed by atoms with Gasteiger partial charge < -0.3 is 0 Å². The molecule has 0 radical (unpaired) electrons. The number of hydrogen-bond acceptors (Lipinski definition) is 4. The number of carbonyl (C=O) groups excluding carboxylic acids is 2. The first-order chi connectivity index (χ1) is 17.5. The van der Waals surface area contributed by atoms with E-state index < -0.39 is 0 Å². The Morgan fingerprint density at radius 1 is 1.19 bits per heavy atom. The zero-order chi connectivity index (χ0) is 26.3. The highest BCUT2D eigenvalue weighted by Crippen LogP contribution is 2.34. The summed E-state index contributed by atoms with van der Waals surface area (Å²) in [5, 5.41) is 0. The van der Waals surface area contributed by atoms with Crippen molar-refractivity contribution in [3.05, 3.63) is 58.4 Å². The van der Waals surface area contributed by atoms with E-state index in [0.29, 0.717) is 18.5 Å². The third-order valence-electron chi connectivity index (χ3n) is 6.89. The maximum absolute atomic E-state index is 14.2. The smallest absolute Gasteiger partial charge is 0.260 e. The van der Waals surface area contributed by atoms with Crippen molar-refractivity contribution in [1.82, 2.24) is 15.8 Å². The van der Waals surface area contributed by atoms with Gasteiger partial charge in [-0.15, -0.1) is 0 Å². The molecule has 5 nitrogen and oxygen atoms in total. The minimum Gasteiger partial charge on any atom is -0.281 e. The van der Waals surface area contributed by atoms with E-state index >= 15 is 0 Å². The van der Waals surface area contributed by atoms with Crippen LogP contribution in [0.2, 0.25) is 0 Å². The Balaban J connectivity index is 0.00000222. The molecule has 2 aliphatic rings. The Bertz CT molecular complexity index is 892. The molecule has 0 aromatic heterocycles. The molecule has 2 N–H and O–H groups in total. The van der Waals surface area contributed by atoms with E-state index in [2.05, 4.69) is 17.8 Å². The zero-order valence-electron chi connectivity index (χ0n) is 22.7. The summed E-state index contributed by atoms with van der Waals surface area (Å²) in [4.78, 5) is 25.3. The van der Waals surface area contributed by atoms with E-state index in [-0.39, 0.29) is 17.8 Å². The van der Waals surface area contributed by atoms with Crippen molar-refractivity contribution in [3.63, 3.8) is 0 Å². The van der Waals surface area contributed by atoms with Crippen LogP contribution >= 0.6 is 0 Å². The maximum atomic E-state index is 14.2. The largest absolute Gasteiger partial charge is 0.281 e. The SMILES string of the molecule is CC.CC1=C(C(=O)N(C=O)CCCCCNN[C@@H](C)c2ccc(F)c(CCCC3CC3)c2)C=CCC1. The second-order valence-corrected chi connectivity index (χ2v) is 9.78. The molecule has 1 aromatic rings. The molecule has 1 atom stereocenters. The first kappa shape index (κ1) is 29.9. The van der Waals surface area contributed by atoms with Gasteiger partial charge in [-0.25, -0.2) is 4.39 Å². The van der Waals surface area contributed by atoms with Crippen molar-refractivity contribution >= 4 is 12.3 Å². The number of hydrogen-bond donors (Lipinski definition) is 2. The van der Waals surface area contributed by atoms with Gasteiger partial charge in [0.25, 0.3) is 5.91 Å². The van der Waals surface area contributed by atoms with Crippen molar-refractivity contribution in [2.75, 3.05) is 13.1 Å². The number of rotatable bonds is 15. The van der Waals surface area contributed by atoms with E-state index in [1.54, 1.807) is 6.07 Å². The molecule has 3 rings (SSSR count). The van der Waals surface area contributed by atoms with Crippen LogP contribution in [-0.2, 0) is 16.0 Å². The summed E-state index contributed by atoms with van der Waals surface area (Å²) in [6, 6.07) is 5.50. The van der Waals surface area contributed by atoms with E-state index in [1.165, 1.54) is 24.2 Å². The number of benzene rings is 1. The van der Waals surface area contributed by atoms with Crippen molar-refractivity contribution in [2.24, 2.45) is 5.92 Å². The van der Waals surface area contributed by atoms with Crippen LogP contribution in [0.15, 0.2) is 41.5 Å². The molecular weight excluding hydrogens is 453 g/mol. The monoisotopic (exact) mass is 499 g/mol. The van der Waals surface area contributed by atoms with E-state index in [9.17, 15) is 14.0 Å². The van der Waals surface area contributed by atoms with Crippen LogP contribution in [0, 0.1) is 11.7 Å². The third-order valence-corrected chi connectivity index (χ3v) is 6.89. The van der Waals surface area contributed by atoms with Crippen LogP contribution in [0.5, 0.6) is 0 Å². The Kier molecular flexibility index (Phi) is 13.7. The molecule has 6 heteroatoms. The van der Waals surface area contributed by atoms with Gasteiger partial charge >= 0.3 is 0 Å². The number of carbonyl (C=O) groups is 2. The molecular formula is C30H46FN3O2. The van der Waals surface area contributed by atoms with Gasteiger partial charge in [0.2, 0.25) is 6.41 Å². The van der Waals surface area contributed by atoms with Crippen LogP contribution in [-0.4, -0.2) is 30.3 Å². The highest BCUT2D eigenvalue weighted by Gasteiger charge is 2.21. The van der Waals surface area contributed by atoms with Crippen LogP contribution in [0.3, 0.4) is 0 Å². The third kappa shape index (κ3) is 9.98. The number of nitrogens with one attached hydrogen (secondary N) is 2. The van der Waals surface area contributed by atoms with Crippen molar-refractivity contribution < 1.29 is 14.0 Å². The number of aryl methyl sites for hydroxylation is 1. The summed E-state index contributed by atoms with van der Waals surface area (Å²) < 4.78 is 14.2. The van der Waals surface area contributed by atoms with Crippen molar-refractivity contribution in [2.45, 2.75) is 97.9 Å². The van der Waals surface area contributed by atoms with Gasteiger partial charge in [0, 0.05) is 24.7 Å². The molecule has 1 fully saturated rings. The molecule has 0 bridgehead atoms. The molecule has 1 aromatic carbocycles. The van der Waals surface area contributed by atoms with Gasteiger partial charge in [-0.1, -0.05) is 69.4 Å². The Labute approximate surface area is 217 Å². The lowest BCUT2D eigenvalue weighted by Gasteiger charge is -2.19. The number of imide groups is 1. The summed E-state index contributed by atoms with van der Waals surface area (Å²) in [5.41, 5.74) is 10.2. The first-order valence-electron chi connectivity index (χ1n) is 13.9. The van der Waals surface area contributed by atoms with Gasteiger partial charge in [-0.2, -0.15) is 0 Å². The highest BCUT2D eigenvalue weighted by atomic mass is 19.1. The molecule has 2 aliphatic carbocycles. The van der Waals surface area contributed by atoms with Gasteiger partial charge in [0.15, 0.2) is 0 Å². The van der Waals surface area contributed by atoms with E-state index in [1.807, 2.05) is 45.1 Å². The van der Waals surface area contributed by atoms with Crippen molar-refractivity contribution in [3.8, 4) is 0 Å². The second-order valence-electron chi connectivity index (χ2n) is 9.78. The predicted molar refractivity (Wildman–Crippen MR) is 146 cm³/mol. The molecule has 2 amide bonds. The van der Waals surface area contributed by atoms with E-state index in [0.717, 1.165) is 74.1 Å². The summed E-state index contributed by atoms with van der Waals surface area (Å²) in [6.07, 6.45) is 14.7. The molecule has 0 heterocycles. The quantitative estimate of drug-likeness (QED) is 0.163. The summed E-state index contributed by atoms with van der Waals surface area (Å²) in [5.74, 6) is 0.588. The summed E-state index contributed by atoms with van der Waals surface area (Å²) >= 11 is 0. The lowest BCUT2D eigenvalue weighted by atomic mass is 9.98. The van der Waals surface area contributed by atoms with Crippen LogP contribution < -0.4 is 10.9 Å². The van der Waals surface area contributed by atoms with E-state index in [4.69, 9.17) is 0 Å². The predicted octanol–water partition coefficient (Wildman–Crippen LogP) is 6.56. The first-order valence-corrected chi connectivity index (χ1v) is 13.9. The number of allylic oxidation sites excluding steroid dienone is 2. The number of hydrazine groups is 1. The van der Waals surface area contributed by atoms with Crippen LogP contribution in [0.4, 0.5) is 4.39 Å². The fourth-order valence-corrected chi connectivity index (χ4v) is 4.41. The standard InChI is InChI=1S/C28H40FN3O2.C2H6/c1-21-9-4-5-12-26(21)28(34)32(20-33)18-7-3-6-17-30-31-22(2)24-15-16-27(29)25(19-24)11-8-10-23-13-14-23;1-2/h5,12,15-16,19-20,22-23,30-31H,3-4,6-11,13-14,17-18H2,1-2H3;1-2H3/t22-;/m0./s1. The molecule has 0 saturated heterocycles. The summed E-state index contributed by atoms with van der Waals surface area (Å²) in [6.45, 7) is 9.25. The number of halogens is 1. The molecule has 0 spiro atoms. The topological polar surface area (TPSA) is 61.4 Å². The van der Waals surface area contributed by atoms with Gasteiger partial charge in [0.05, 0.1) is 0 Å².